The van der Waals surface area contributed by atoms with Gasteiger partial charge in [0.15, 0.2) is 0 Å². The van der Waals surface area contributed by atoms with Crippen LogP contribution in [0.15, 0.2) is 53.1 Å². The van der Waals surface area contributed by atoms with Gasteiger partial charge in [0.05, 0.1) is 16.3 Å². The van der Waals surface area contributed by atoms with Crippen LogP contribution in [0, 0.1) is 6.92 Å². The summed E-state index contributed by atoms with van der Waals surface area (Å²) in [5, 5.41) is 5.09. The minimum atomic E-state index is 0.0701. The molecule has 0 N–H and O–H groups in total. The van der Waals surface area contributed by atoms with Crippen molar-refractivity contribution < 1.29 is 9.32 Å². The summed E-state index contributed by atoms with van der Waals surface area (Å²) in [7, 11) is 0. The monoisotopic (exact) mass is 418 g/mol. The summed E-state index contributed by atoms with van der Waals surface area (Å²) in [6.07, 6.45) is 2.77. The average molecular weight is 419 g/mol. The highest BCUT2D eigenvalue weighted by Crippen LogP contribution is 2.36. The van der Waals surface area contributed by atoms with Gasteiger partial charge in [-0.2, -0.15) is 4.98 Å². The summed E-state index contributed by atoms with van der Waals surface area (Å²) in [5.74, 6) is 1.17. The minimum Gasteiger partial charge on any atom is -0.339 e. The van der Waals surface area contributed by atoms with Crippen LogP contribution in [0.25, 0.3) is 21.6 Å². The molecule has 3 heterocycles. The molecule has 1 amide bonds. The minimum absolute atomic E-state index is 0.0701. The fourth-order valence-electron chi connectivity index (χ4n) is 3.89. The van der Waals surface area contributed by atoms with Crippen LogP contribution in [0.5, 0.6) is 0 Å². The summed E-state index contributed by atoms with van der Waals surface area (Å²) >= 11 is 1.69. The van der Waals surface area contributed by atoms with Gasteiger partial charge in [-0.05, 0) is 31.9 Å². The summed E-state index contributed by atoms with van der Waals surface area (Å²) in [6, 6.07) is 16.2. The summed E-state index contributed by atoms with van der Waals surface area (Å²) in [4.78, 5) is 24.1. The van der Waals surface area contributed by atoms with Crippen molar-refractivity contribution in [1.29, 1.82) is 0 Å². The van der Waals surface area contributed by atoms with Crippen LogP contribution in [0.4, 0.5) is 0 Å². The second kappa shape index (κ2) is 7.99. The molecule has 4 aromatic rings. The number of hydrogen-bond acceptors (Lipinski definition) is 6. The zero-order valence-corrected chi connectivity index (χ0v) is 17.6. The van der Waals surface area contributed by atoms with E-state index < -0.39 is 0 Å². The molecule has 2 aromatic carbocycles. The Kier molecular flexibility index (Phi) is 5.04. The molecule has 1 saturated heterocycles. The fraction of sp³-hybridized carbons (Fsp3) is 0.304. The van der Waals surface area contributed by atoms with Crippen LogP contribution in [-0.4, -0.2) is 32.5 Å². The number of fused-ring (bicyclic) bond motifs is 1. The maximum absolute atomic E-state index is 12.9. The quantitative estimate of drug-likeness (QED) is 0.458. The Morgan fingerprint density at radius 2 is 2.00 bits per heavy atom. The van der Waals surface area contributed by atoms with Crippen molar-refractivity contribution in [3.63, 3.8) is 0 Å². The molecular formula is C23H22N4O2S. The van der Waals surface area contributed by atoms with Gasteiger partial charge in [0.25, 0.3) is 0 Å². The van der Waals surface area contributed by atoms with Gasteiger partial charge in [0.2, 0.25) is 17.6 Å². The molecule has 30 heavy (non-hydrogen) atoms. The second-order valence-electron chi connectivity index (χ2n) is 7.64. The number of aromatic nitrogens is 3. The lowest BCUT2D eigenvalue weighted by Crippen LogP contribution is -2.30. The summed E-state index contributed by atoms with van der Waals surface area (Å²) in [5.41, 5.74) is 3.10. The molecule has 1 fully saturated rings. The van der Waals surface area contributed by atoms with E-state index in [1.54, 1.807) is 11.3 Å². The van der Waals surface area contributed by atoms with Gasteiger partial charge in [-0.3, -0.25) is 4.79 Å². The number of aryl methyl sites for hydroxylation is 2. The molecule has 0 spiro atoms. The van der Waals surface area contributed by atoms with E-state index in [9.17, 15) is 4.79 Å². The first-order valence-corrected chi connectivity index (χ1v) is 11.0. The smallest absolute Gasteiger partial charge is 0.227 e. The molecule has 5 rings (SSSR count). The van der Waals surface area contributed by atoms with Gasteiger partial charge < -0.3 is 9.42 Å². The molecule has 1 atom stereocenters. The normalized spacial score (nSPS) is 16.4. The topological polar surface area (TPSA) is 72.1 Å². The molecule has 152 valence electrons. The van der Waals surface area contributed by atoms with E-state index in [4.69, 9.17) is 9.51 Å². The summed E-state index contributed by atoms with van der Waals surface area (Å²) in [6.45, 7) is 2.81. The molecule has 1 aliphatic heterocycles. The predicted molar refractivity (Wildman–Crippen MR) is 116 cm³/mol. The Bertz CT molecular complexity index is 1150. The van der Waals surface area contributed by atoms with Crippen LogP contribution in [0.1, 0.15) is 41.8 Å². The van der Waals surface area contributed by atoms with Crippen molar-refractivity contribution in [2.75, 3.05) is 6.54 Å². The van der Waals surface area contributed by atoms with E-state index in [2.05, 4.69) is 16.2 Å². The van der Waals surface area contributed by atoms with Crippen LogP contribution in [0.2, 0.25) is 0 Å². The van der Waals surface area contributed by atoms with Crippen LogP contribution in [-0.2, 0) is 11.2 Å². The van der Waals surface area contributed by atoms with Gasteiger partial charge >= 0.3 is 0 Å². The Balaban J connectivity index is 1.25. The average Bonchev–Trinajstić information content (AvgIpc) is 3.51. The number of thiazole rings is 1. The molecule has 0 saturated carbocycles. The first-order chi connectivity index (χ1) is 14.7. The third kappa shape index (κ3) is 3.73. The van der Waals surface area contributed by atoms with E-state index in [0.717, 1.165) is 35.5 Å². The van der Waals surface area contributed by atoms with Gasteiger partial charge in [-0.15, -0.1) is 11.3 Å². The zero-order chi connectivity index (χ0) is 20.5. The Morgan fingerprint density at radius 1 is 1.17 bits per heavy atom. The van der Waals surface area contributed by atoms with E-state index in [1.165, 1.54) is 10.3 Å². The maximum Gasteiger partial charge on any atom is 0.227 e. The van der Waals surface area contributed by atoms with Crippen molar-refractivity contribution in [2.45, 2.75) is 38.6 Å². The Morgan fingerprint density at radius 3 is 2.83 bits per heavy atom. The van der Waals surface area contributed by atoms with Gasteiger partial charge in [0, 0.05) is 24.9 Å². The number of para-hydroxylation sites is 1. The van der Waals surface area contributed by atoms with Gasteiger partial charge in [-0.1, -0.05) is 47.1 Å². The molecule has 6 nitrogen and oxygen atoms in total. The highest BCUT2D eigenvalue weighted by Gasteiger charge is 2.32. The third-order valence-electron chi connectivity index (χ3n) is 5.50. The first-order valence-electron chi connectivity index (χ1n) is 10.2. The lowest BCUT2D eigenvalue weighted by molar-refractivity contribution is -0.132. The number of rotatable bonds is 5. The lowest BCUT2D eigenvalue weighted by Gasteiger charge is -2.22. The zero-order valence-electron chi connectivity index (χ0n) is 16.7. The van der Waals surface area contributed by atoms with E-state index in [-0.39, 0.29) is 11.9 Å². The molecule has 7 heteroatoms. The SMILES string of the molecule is Cc1ccc(-c2noc(CCC(=O)N3CCCC3c3nc4ccccc4s3)n2)cc1. The van der Waals surface area contributed by atoms with Crippen LogP contribution < -0.4 is 0 Å². The maximum atomic E-state index is 12.9. The standard InChI is InChI=1S/C23H22N4O2S/c1-15-8-10-16(11-9-15)22-25-20(29-26-22)12-13-21(28)27-14-4-6-18(27)23-24-17-5-2-3-7-19(17)30-23/h2-3,5,7-11,18H,4,6,12-14H2,1H3. The van der Waals surface area contributed by atoms with E-state index >= 15 is 0 Å². The molecular weight excluding hydrogens is 396 g/mol. The third-order valence-corrected chi connectivity index (χ3v) is 6.64. The van der Waals surface area contributed by atoms with E-state index in [0.29, 0.717) is 24.6 Å². The lowest BCUT2D eigenvalue weighted by atomic mass is 10.1. The van der Waals surface area contributed by atoms with Gasteiger partial charge in [0.1, 0.15) is 5.01 Å². The number of nitrogens with zero attached hydrogens (tertiary/aromatic N) is 4. The predicted octanol–water partition coefficient (Wildman–Crippen LogP) is 4.95. The Hall–Kier alpha value is -3.06. The molecule has 0 bridgehead atoms. The van der Waals surface area contributed by atoms with Gasteiger partial charge in [-0.25, -0.2) is 4.98 Å². The molecule has 0 radical (unpaired) electrons. The van der Waals surface area contributed by atoms with Crippen molar-refractivity contribution in [3.05, 3.63) is 65.0 Å². The number of benzene rings is 2. The molecule has 2 aromatic heterocycles. The fourth-order valence-corrected chi connectivity index (χ4v) is 5.00. The molecule has 1 aliphatic rings. The number of hydrogen-bond donors (Lipinski definition) is 0. The molecule has 1 unspecified atom stereocenters. The number of carbonyl (C=O) groups is 1. The highest BCUT2D eigenvalue weighted by atomic mass is 32.1. The van der Waals surface area contributed by atoms with Crippen LogP contribution >= 0.6 is 11.3 Å². The molecule has 0 aliphatic carbocycles. The van der Waals surface area contributed by atoms with Crippen LogP contribution in [0.3, 0.4) is 0 Å². The largest absolute Gasteiger partial charge is 0.339 e. The number of likely N-dealkylation sites (tertiary alicyclic amines) is 1. The summed E-state index contributed by atoms with van der Waals surface area (Å²) < 4.78 is 6.54. The first kappa shape index (κ1) is 18.9. The second-order valence-corrected chi connectivity index (χ2v) is 8.70. The van der Waals surface area contributed by atoms with Crippen molar-refractivity contribution >= 4 is 27.5 Å². The van der Waals surface area contributed by atoms with E-state index in [1.807, 2.05) is 54.3 Å². The Labute approximate surface area is 178 Å². The number of amides is 1. The highest BCUT2D eigenvalue weighted by molar-refractivity contribution is 7.18. The van der Waals surface area contributed by atoms with Crippen molar-refractivity contribution in [3.8, 4) is 11.4 Å². The van der Waals surface area contributed by atoms with Crippen molar-refractivity contribution in [2.24, 2.45) is 0 Å². The van der Waals surface area contributed by atoms with Crippen molar-refractivity contribution in [1.82, 2.24) is 20.0 Å². The number of carbonyl (C=O) groups excluding carboxylic acids is 1.